The van der Waals surface area contributed by atoms with Crippen LogP contribution in [0, 0.1) is 13.8 Å². The van der Waals surface area contributed by atoms with Gasteiger partial charge in [-0.3, -0.25) is 0 Å². The lowest BCUT2D eigenvalue weighted by Crippen LogP contribution is -2.11. The predicted octanol–water partition coefficient (Wildman–Crippen LogP) is 3.07. The molecule has 0 fully saturated rings. The van der Waals surface area contributed by atoms with Crippen LogP contribution in [0.3, 0.4) is 0 Å². The predicted molar refractivity (Wildman–Crippen MR) is 79.6 cm³/mol. The number of azo groups is 1. The minimum absolute atomic E-state index is 0.0260. The van der Waals surface area contributed by atoms with Crippen molar-refractivity contribution in [3.8, 4) is 5.75 Å². The number of nitrogens with two attached hydrogens (primary N) is 1. The number of benzene rings is 2. The van der Waals surface area contributed by atoms with Gasteiger partial charge in [0.05, 0.1) is 16.3 Å². The van der Waals surface area contributed by atoms with Crippen molar-refractivity contribution in [1.29, 1.82) is 0 Å². The number of phenolic OH excluding ortho intramolecular Hbond substituents is 1. The zero-order chi connectivity index (χ0) is 15.6. The van der Waals surface area contributed by atoms with E-state index in [1.165, 1.54) is 24.3 Å². The van der Waals surface area contributed by atoms with E-state index in [9.17, 15) is 13.5 Å². The Morgan fingerprint density at radius 3 is 2.14 bits per heavy atom. The fraction of sp³-hybridized carbons (Fsp3) is 0.143. The van der Waals surface area contributed by atoms with E-state index in [1.54, 1.807) is 19.1 Å². The monoisotopic (exact) mass is 305 g/mol. The normalized spacial score (nSPS) is 12.0. The lowest BCUT2D eigenvalue weighted by atomic mass is 10.1. The van der Waals surface area contributed by atoms with Gasteiger partial charge in [0, 0.05) is 0 Å². The van der Waals surface area contributed by atoms with Crippen LogP contribution >= 0.6 is 0 Å². The standard InChI is InChI=1S/C14H15N3O3S/c1-9-10(2)14(18)8-7-13(9)17-16-11-3-5-12(6-4-11)21(15,19)20/h3-8,18H,1-2H3,(H2,15,19,20). The highest BCUT2D eigenvalue weighted by atomic mass is 32.2. The van der Waals surface area contributed by atoms with Crippen LogP contribution in [0.25, 0.3) is 0 Å². The second-order valence-corrected chi connectivity index (χ2v) is 6.15. The van der Waals surface area contributed by atoms with E-state index in [0.717, 1.165) is 11.1 Å². The molecule has 0 radical (unpaired) electrons. The molecule has 6 nitrogen and oxygen atoms in total. The van der Waals surface area contributed by atoms with Gasteiger partial charge in [0.2, 0.25) is 10.0 Å². The smallest absolute Gasteiger partial charge is 0.238 e. The summed E-state index contributed by atoms with van der Waals surface area (Å²) >= 11 is 0. The molecule has 2 aromatic carbocycles. The molecule has 7 heteroatoms. The molecule has 0 heterocycles. The minimum atomic E-state index is -3.70. The van der Waals surface area contributed by atoms with Gasteiger partial charge in [-0.25, -0.2) is 13.6 Å². The molecule has 2 aromatic rings. The quantitative estimate of drug-likeness (QED) is 0.851. The first-order chi connectivity index (χ1) is 9.79. The Bertz CT molecular complexity index is 797. The maximum absolute atomic E-state index is 11.1. The van der Waals surface area contributed by atoms with E-state index in [0.29, 0.717) is 11.4 Å². The van der Waals surface area contributed by atoms with Gasteiger partial charge in [-0.05, 0) is 61.4 Å². The van der Waals surface area contributed by atoms with Crippen molar-refractivity contribution in [3.05, 3.63) is 47.5 Å². The highest BCUT2D eigenvalue weighted by Gasteiger charge is 2.07. The molecule has 0 atom stereocenters. The molecule has 0 aromatic heterocycles. The summed E-state index contributed by atoms with van der Waals surface area (Å²) in [4.78, 5) is 0.0260. The molecule has 0 unspecified atom stereocenters. The van der Waals surface area contributed by atoms with Crippen molar-refractivity contribution >= 4 is 21.4 Å². The first-order valence-electron chi connectivity index (χ1n) is 6.13. The van der Waals surface area contributed by atoms with Crippen molar-refractivity contribution in [2.45, 2.75) is 18.7 Å². The number of hydrogen-bond acceptors (Lipinski definition) is 5. The Balaban J connectivity index is 2.28. The second-order valence-electron chi connectivity index (χ2n) is 4.59. The van der Waals surface area contributed by atoms with E-state index in [1.807, 2.05) is 6.92 Å². The summed E-state index contributed by atoms with van der Waals surface area (Å²) in [5.74, 6) is 0.212. The number of primary sulfonamides is 1. The maximum Gasteiger partial charge on any atom is 0.238 e. The van der Waals surface area contributed by atoms with Crippen LogP contribution < -0.4 is 5.14 Å². The van der Waals surface area contributed by atoms with Gasteiger partial charge in [0.25, 0.3) is 0 Å². The first-order valence-corrected chi connectivity index (χ1v) is 7.67. The largest absolute Gasteiger partial charge is 0.508 e. The van der Waals surface area contributed by atoms with Gasteiger partial charge in [-0.1, -0.05) is 0 Å². The van der Waals surface area contributed by atoms with Crippen molar-refractivity contribution in [3.63, 3.8) is 0 Å². The second kappa shape index (κ2) is 5.63. The molecule has 0 saturated carbocycles. The van der Waals surface area contributed by atoms with Crippen LogP contribution in [0.5, 0.6) is 5.75 Å². The van der Waals surface area contributed by atoms with Crippen LogP contribution in [-0.2, 0) is 10.0 Å². The van der Waals surface area contributed by atoms with Crippen LogP contribution in [0.4, 0.5) is 11.4 Å². The average molecular weight is 305 g/mol. The van der Waals surface area contributed by atoms with E-state index in [-0.39, 0.29) is 10.6 Å². The van der Waals surface area contributed by atoms with Crippen LogP contribution in [0.15, 0.2) is 51.5 Å². The molecule has 21 heavy (non-hydrogen) atoms. The van der Waals surface area contributed by atoms with Gasteiger partial charge in [0.15, 0.2) is 0 Å². The fourth-order valence-electron chi connectivity index (χ4n) is 1.71. The Hall–Kier alpha value is -2.25. The molecule has 0 spiro atoms. The summed E-state index contributed by atoms with van der Waals surface area (Å²) in [6.07, 6.45) is 0. The van der Waals surface area contributed by atoms with Crippen molar-refractivity contribution < 1.29 is 13.5 Å². The highest BCUT2D eigenvalue weighted by Crippen LogP contribution is 2.29. The summed E-state index contributed by atoms with van der Waals surface area (Å²) in [6.45, 7) is 3.64. The summed E-state index contributed by atoms with van der Waals surface area (Å²) < 4.78 is 22.3. The highest BCUT2D eigenvalue weighted by molar-refractivity contribution is 7.89. The Morgan fingerprint density at radius 2 is 1.57 bits per heavy atom. The molecular weight excluding hydrogens is 290 g/mol. The molecule has 0 amide bonds. The van der Waals surface area contributed by atoms with Crippen LogP contribution in [-0.4, -0.2) is 13.5 Å². The van der Waals surface area contributed by atoms with Gasteiger partial charge >= 0.3 is 0 Å². The molecule has 0 aliphatic carbocycles. The molecule has 0 bridgehead atoms. The van der Waals surface area contributed by atoms with Gasteiger partial charge in [-0.2, -0.15) is 10.2 Å². The molecule has 0 aliphatic rings. The summed E-state index contributed by atoms with van der Waals surface area (Å²) in [6, 6.07) is 9.01. The fourth-order valence-corrected chi connectivity index (χ4v) is 2.23. The Morgan fingerprint density at radius 1 is 0.952 bits per heavy atom. The summed E-state index contributed by atoms with van der Waals surface area (Å²) in [7, 11) is -3.70. The Labute approximate surface area is 123 Å². The lowest BCUT2D eigenvalue weighted by molar-refractivity contribution is 0.470. The van der Waals surface area contributed by atoms with E-state index in [2.05, 4.69) is 10.2 Å². The van der Waals surface area contributed by atoms with Crippen molar-refractivity contribution in [2.24, 2.45) is 15.4 Å². The average Bonchev–Trinajstić information content (AvgIpc) is 2.43. The summed E-state index contributed by atoms with van der Waals surface area (Å²) in [5, 5.41) is 22.7. The Kier molecular flexibility index (Phi) is 4.06. The van der Waals surface area contributed by atoms with Gasteiger partial charge in [-0.15, -0.1) is 0 Å². The zero-order valence-corrected chi connectivity index (χ0v) is 12.4. The number of hydrogen-bond donors (Lipinski definition) is 2. The number of rotatable bonds is 3. The van der Waals surface area contributed by atoms with Gasteiger partial charge in [0.1, 0.15) is 5.75 Å². The molecule has 3 N–H and O–H groups in total. The van der Waals surface area contributed by atoms with Crippen LogP contribution in [0.1, 0.15) is 11.1 Å². The topological polar surface area (TPSA) is 105 Å². The molecular formula is C14H15N3O3S. The van der Waals surface area contributed by atoms with E-state index < -0.39 is 10.0 Å². The number of aromatic hydroxyl groups is 1. The molecule has 2 rings (SSSR count). The number of nitrogens with zero attached hydrogens (tertiary/aromatic N) is 2. The number of phenols is 1. The summed E-state index contributed by atoms with van der Waals surface area (Å²) in [5.41, 5.74) is 2.73. The van der Waals surface area contributed by atoms with Crippen LogP contribution in [0.2, 0.25) is 0 Å². The molecule has 0 saturated heterocycles. The molecule has 0 aliphatic heterocycles. The van der Waals surface area contributed by atoms with Crippen molar-refractivity contribution in [1.82, 2.24) is 0 Å². The first kappa shape index (κ1) is 15.1. The molecule has 110 valence electrons. The third-order valence-corrected chi connectivity index (χ3v) is 4.10. The van der Waals surface area contributed by atoms with Crippen molar-refractivity contribution in [2.75, 3.05) is 0 Å². The zero-order valence-electron chi connectivity index (χ0n) is 11.6. The third-order valence-electron chi connectivity index (χ3n) is 3.17. The third kappa shape index (κ3) is 3.45. The maximum atomic E-state index is 11.1. The number of sulfonamides is 1. The SMILES string of the molecule is Cc1c(O)ccc(N=Nc2ccc(S(N)(=O)=O)cc2)c1C. The minimum Gasteiger partial charge on any atom is -0.508 e. The van der Waals surface area contributed by atoms with E-state index >= 15 is 0 Å². The van der Waals surface area contributed by atoms with Gasteiger partial charge < -0.3 is 5.11 Å². The van der Waals surface area contributed by atoms with E-state index in [4.69, 9.17) is 5.14 Å². The lowest BCUT2D eigenvalue weighted by Gasteiger charge is -2.05.